The van der Waals surface area contributed by atoms with E-state index in [4.69, 9.17) is 30.5 Å². The number of ether oxygens (including phenoxy) is 4. The third-order valence-corrected chi connectivity index (χ3v) is 14.7. The van der Waals surface area contributed by atoms with Gasteiger partial charge in [0.1, 0.15) is 27.3 Å². The Morgan fingerprint density at radius 1 is 1.09 bits per heavy atom. The fourth-order valence-corrected chi connectivity index (χ4v) is 10.9. The number of aromatic nitrogens is 2. The molecule has 1 fully saturated rings. The van der Waals surface area contributed by atoms with E-state index in [1.165, 1.54) is 36.0 Å². The maximum Gasteiger partial charge on any atom is 0.303 e. The van der Waals surface area contributed by atoms with E-state index in [1.54, 1.807) is 52.3 Å². The van der Waals surface area contributed by atoms with Crippen LogP contribution in [-0.2, 0) is 43.1 Å². The lowest BCUT2D eigenvalue weighted by atomic mass is 9.68. The number of hydrogen-bond acceptors (Lipinski definition) is 10. The minimum Gasteiger partial charge on any atom is -0.490 e. The zero-order chi connectivity index (χ0) is 39.9. The number of aryl methyl sites for hydroxylation is 2. The van der Waals surface area contributed by atoms with Crippen molar-refractivity contribution in [2.24, 2.45) is 29.2 Å². The van der Waals surface area contributed by atoms with Gasteiger partial charge in [-0.25, -0.2) is 4.21 Å². The lowest BCUT2D eigenvalue weighted by Crippen LogP contribution is -2.49. The van der Waals surface area contributed by atoms with E-state index in [0.717, 1.165) is 37.8 Å². The summed E-state index contributed by atoms with van der Waals surface area (Å²) in [6, 6.07) is 11.3. The van der Waals surface area contributed by atoms with Gasteiger partial charge in [-0.15, -0.1) is 9.46 Å². The summed E-state index contributed by atoms with van der Waals surface area (Å²) in [5.74, 6) is -1.72. The molecule has 2 bridgehead atoms. The Morgan fingerprint density at radius 2 is 1.88 bits per heavy atom. The van der Waals surface area contributed by atoms with Gasteiger partial charge in [-0.1, -0.05) is 30.7 Å². The van der Waals surface area contributed by atoms with Crippen molar-refractivity contribution in [2.75, 3.05) is 38.8 Å². The predicted molar refractivity (Wildman–Crippen MR) is 213 cm³/mol. The topological polar surface area (TPSA) is 151 Å². The minimum atomic E-state index is -3.93. The number of fused-ring (bicyclic) bond motifs is 4. The Morgan fingerprint density at radius 3 is 2.59 bits per heavy atom. The molecule has 56 heavy (non-hydrogen) atoms. The second kappa shape index (κ2) is 15.9. The average Bonchev–Trinajstić information content (AvgIpc) is 3.48. The molecule has 2 amide bonds. The number of nitrogens with one attached hydrogen (secondary N) is 1. The summed E-state index contributed by atoms with van der Waals surface area (Å²) >= 11 is 6.47. The molecule has 3 aromatic rings. The smallest absolute Gasteiger partial charge is 0.303 e. The zero-order valence-electron chi connectivity index (χ0n) is 32.7. The van der Waals surface area contributed by atoms with Gasteiger partial charge < -0.3 is 23.8 Å². The van der Waals surface area contributed by atoms with Gasteiger partial charge in [0.2, 0.25) is 5.88 Å². The third kappa shape index (κ3) is 7.67. The summed E-state index contributed by atoms with van der Waals surface area (Å²) in [5, 5.41) is 3.86. The lowest BCUT2D eigenvalue weighted by Gasteiger charge is -2.46. The van der Waals surface area contributed by atoms with Crippen molar-refractivity contribution >= 4 is 45.0 Å². The molecule has 1 saturated carbocycles. The van der Waals surface area contributed by atoms with E-state index < -0.39 is 45.0 Å². The van der Waals surface area contributed by atoms with Crippen molar-refractivity contribution in [1.82, 2.24) is 14.5 Å². The number of rotatable bonds is 5. The van der Waals surface area contributed by atoms with Gasteiger partial charge in [0, 0.05) is 62.3 Å². The van der Waals surface area contributed by atoms with Crippen LogP contribution in [0.3, 0.4) is 0 Å². The van der Waals surface area contributed by atoms with Gasteiger partial charge in [-0.2, -0.15) is 0 Å². The molecule has 1 aromatic heterocycles. The number of nitrogens with zero attached hydrogens (tertiary/aromatic N) is 4. The largest absolute Gasteiger partial charge is 0.490 e. The van der Waals surface area contributed by atoms with Crippen molar-refractivity contribution in [3.63, 3.8) is 0 Å². The minimum absolute atomic E-state index is 0.0140. The van der Waals surface area contributed by atoms with Gasteiger partial charge >= 0.3 is 5.97 Å². The summed E-state index contributed by atoms with van der Waals surface area (Å²) in [5.41, 5.74) is 3.07. The van der Waals surface area contributed by atoms with Crippen LogP contribution in [0, 0.1) is 17.8 Å². The van der Waals surface area contributed by atoms with Gasteiger partial charge in [-0.05, 0) is 98.4 Å². The van der Waals surface area contributed by atoms with Crippen molar-refractivity contribution < 1.29 is 37.5 Å². The van der Waals surface area contributed by atoms with Crippen LogP contribution in [0.1, 0.15) is 78.3 Å². The first-order chi connectivity index (χ1) is 26.7. The Hall–Kier alpha value is -4.40. The first-order valence-corrected chi connectivity index (χ1v) is 21.1. The molecule has 8 atom stereocenters. The highest BCUT2D eigenvalue weighted by Gasteiger charge is 2.45. The molecule has 15 heteroatoms. The molecule has 1 spiro atoms. The molecule has 4 aliphatic rings. The Labute approximate surface area is 333 Å². The highest BCUT2D eigenvalue weighted by atomic mass is 35.5. The standard InChI is InChI=1S/C41H50ClN5O8S/c1-24-25(2)56(51,45-39(50)32-21-46(4)43-40(32)53-6)44-38(49)28-10-14-37-34(19-28)47(20-29-9-12-31(29)36(52-5)16-15-35(24)55-26(3)48)22-41(23-54-37)17-7-8-27-18-30(42)11-13-33(27)41/h10-11,13-16,18-19,21,24-25,29,31,35-36H,7-9,12,17,20,22-23H2,1-6H3,(H,44,45,49,50,51)/b16-15-/t24-,25-,29+,31-,35+,36+,41+,56?/m1/s1. The molecule has 0 radical (unpaired) electrons. The van der Waals surface area contributed by atoms with Crippen molar-refractivity contribution in [1.29, 1.82) is 0 Å². The van der Waals surface area contributed by atoms with Crippen LogP contribution >= 0.6 is 11.6 Å². The van der Waals surface area contributed by atoms with E-state index in [-0.39, 0.29) is 40.4 Å². The monoisotopic (exact) mass is 807 g/mol. The third-order valence-electron chi connectivity index (χ3n) is 12.2. The van der Waals surface area contributed by atoms with Crippen LogP contribution < -0.4 is 19.1 Å². The molecule has 0 saturated heterocycles. The molecular formula is C41H50ClN5O8S. The number of hydrogen-bond donors (Lipinski definition) is 1. The quantitative estimate of drug-likeness (QED) is 0.238. The molecule has 300 valence electrons. The summed E-state index contributed by atoms with van der Waals surface area (Å²) in [7, 11) is 0.734. The summed E-state index contributed by atoms with van der Waals surface area (Å²) in [4.78, 5) is 42.9. The van der Waals surface area contributed by atoms with Gasteiger partial charge in [0.25, 0.3) is 11.8 Å². The first-order valence-electron chi connectivity index (χ1n) is 19.1. The number of amides is 2. The summed E-state index contributed by atoms with van der Waals surface area (Å²) in [6.07, 6.45) is 8.71. The Balaban J connectivity index is 1.36. The van der Waals surface area contributed by atoms with Crippen LogP contribution in [0.15, 0.2) is 59.1 Å². The number of anilines is 1. The zero-order valence-corrected chi connectivity index (χ0v) is 34.2. The molecule has 3 heterocycles. The van der Waals surface area contributed by atoms with Crippen LogP contribution in [-0.4, -0.2) is 83.1 Å². The second-order valence-corrected chi connectivity index (χ2v) is 18.3. The second-order valence-electron chi connectivity index (χ2n) is 15.6. The fourth-order valence-electron chi connectivity index (χ4n) is 8.81. The molecule has 13 nitrogen and oxygen atoms in total. The molecule has 1 unspecified atom stereocenters. The number of halogens is 1. The molecule has 2 aromatic carbocycles. The molecule has 2 aliphatic carbocycles. The number of carbonyl (C=O) groups excluding carboxylic acids is 3. The van der Waals surface area contributed by atoms with E-state index in [1.807, 2.05) is 12.1 Å². The average molecular weight is 808 g/mol. The molecule has 2 aliphatic heterocycles. The normalized spacial score (nSPS) is 30.7. The Bertz CT molecular complexity index is 2180. The van der Waals surface area contributed by atoms with E-state index in [2.05, 4.69) is 31.2 Å². The van der Waals surface area contributed by atoms with Crippen molar-refractivity contribution in [2.45, 2.75) is 75.7 Å². The number of benzene rings is 2. The van der Waals surface area contributed by atoms with Crippen molar-refractivity contribution in [3.8, 4) is 11.6 Å². The SMILES string of the molecule is COc1nn(C)cc1C(=O)NS1(=O)=NC(=O)c2ccc3c(c2)N(C[C@@H]2CC[C@H]2[C@@H](OC)/C=C\[C@H](OC(C)=O)[C@H](C)[C@H]1C)C[C@@]1(CCCc2cc(Cl)ccc21)CO3. The highest BCUT2D eigenvalue weighted by molar-refractivity contribution is 7.93. The van der Waals surface area contributed by atoms with Crippen LogP contribution in [0.25, 0.3) is 0 Å². The Kier molecular flexibility index (Phi) is 11.3. The predicted octanol–water partition coefficient (Wildman–Crippen LogP) is 6.08. The van der Waals surface area contributed by atoms with Crippen LogP contribution in [0.4, 0.5) is 5.69 Å². The van der Waals surface area contributed by atoms with Gasteiger partial charge in [0.05, 0.1) is 30.8 Å². The number of methoxy groups -OCH3 is 2. The van der Waals surface area contributed by atoms with Gasteiger partial charge in [-0.3, -0.25) is 23.8 Å². The fraction of sp³-hybridized carbons (Fsp3) is 0.512. The van der Waals surface area contributed by atoms with E-state index >= 15 is 4.21 Å². The number of esters is 1. The maximum atomic E-state index is 15.2. The van der Waals surface area contributed by atoms with Gasteiger partial charge in [0.15, 0.2) is 0 Å². The molecule has 7 rings (SSSR count). The molecular weight excluding hydrogens is 758 g/mol. The van der Waals surface area contributed by atoms with E-state index in [0.29, 0.717) is 30.5 Å². The van der Waals surface area contributed by atoms with Crippen molar-refractivity contribution in [3.05, 3.63) is 82.0 Å². The molecule has 1 N–H and O–H groups in total. The lowest BCUT2D eigenvalue weighted by molar-refractivity contribution is -0.146. The first kappa shape index (κ1) is 39.8. The summed E-state index contributed by atoms with van der Waals surface area (Å²) < 4.78 is 47.3. The summed E-state index contributed by atoms with van der Waals surface area (Å²) in [6.45, 7) is 6.44. The highest BCUT2D eigenvalue weighted by Crippen LogP contribution is 2.47. The van der Waals surface area contributed by atoms with Crippen LogP contribution in [0.5, 0.6) is 11.6 Å². The van der Waals surface area contributed by atoms with Crippen LogP contribution in [0.2, 0.25) is 5.02 Å². The number of carbonyl (C=O) groups is 3. The maximum absolute atomic E-state index is 15.2. The van der Waals surface area contributed by atoms with E-state index in [9.17, 15) is 14.4 Å².